The van der Waals surface area contributed by atoms with Crippen LogP contribution in [0.1, 0.15) is 26.7 Å². The number of rotatable bonds is 8. The molecule has 1 fully saturated rings. The van der Waals surface area contributed by atoms with Gasteiger partial charge < -0.3 is 14.6 Å². The van der Waals surface area contributed by atoms with Crippen molar-refractivity contribution in [2.45, 2.75) is 32.3 Å². The summed E-state index contributed by atoms with van der Waals surface area (Å²) in [7, 11) is 2.83. The molecule has 0 aliphatic heterocycles. The molecule has 0 bridgehead atoms. The molecule has 0 aromatic rings. The minimum absolute atomic E-state index is 0.120. The number of ether oxygens (including phenoxy) is 2. The molecule has 6 heteroatoms. The summed E-state index contributed by atoms with van der Waals surface area (Å²) in [6, 6.07) is 0. The Labute approximate surface area is 118 Å². The average molecular weight is 287 g/mol. The molecule has 0 heterocycles. The van der Waals surface area contributed by atoms with Crippen LogP contribution >= 0.6 is 0 Å². The van der Waals surface area contributed by atoms with E-state index in [0.717, 1.165) is 12.8 Å². The molecule has 0 aromatic carbocycles. The first-order valence-electron chi connectivity index (χ1n) is 6.46. The zero-order chi connectivity index (χ0) is 15.4. The minimum atomic E-state index is -1.14. The molecule has 5 nitrogen and oxygen atoms in total. The molecule has 0 unspecified atom stereocenters. The Morgan fingerprint density at radius 1 is 1.50 bits per heavy atom. The molecular formula is C14H22FNO4. The van der Waals surface area contributed by atoms with Crippen LogP contribution < -0.4 is 0 Å². The number of alkyl halides is 1. The van der Waals surface area contributed by atoms with Crippen molar-refractivity contribution in [1.29, 1.82) is 0 Å². The smallest absolute Gasteiger partial charge is 0.354 e. The maximum Gasteiger partial charge on any atom is 0.354 e. The molecule has 0 saturated heterocycles. The molecule has 0 aromatic heterocycles. The van der Waals surface area contributed by atoms with Crippen molar-refractivity contribution in [2.24, 2.45) is 10.4 Å². The van der Waals surface area contributed by atoms with Crippen molar-refractivity contribution in [1.82, 2.24) is 0 Å². The first-order chi connectivity index (χ1) is 9.30. The van der Waals surface area contributed by atoms with Crippen LogP contribution in [0.4, 0.5) is 4.39 Å². The fraction of sp³-hybridized carbons (Fsp3) is 0.714. The SMILES string of the molecule is C/N=C(\C=C(\OC)C(C)(C)OCC1(CF)CC1)C(=O)O. The summed E-state index contributed by atoms with van der Waals surface area (Å²) in [5.74, 6) is -0.796. The van der Waals surface area contributed by atoms with Gasteiger partial charge in [0.25, 0.3) is 0 Å². The largest absolute Gasteiger partial charge is 0.498 e. The topological polar surface area (TPSA) is 68.1 Å². The van der Waals surface area contributed by atoms with Gasteiger partial charge in [0.15, 0.2) is 0 Å². The van der Waals surface area contributed by atoms with Crippen LogP contribution in [0.2, 0.25) is 0 Å². The van der Waals surface area contributed by atoms with E-state index in [2.05, 4.69) is 4.99 Å². The Morgan fingerprint density at radius 3 is 2.45 bits per heavy atom. The fourth-order valence-electron chi connectivity index (χ4n) is 1.72. The number of carboxylic acid groups (broad SMARTS) is 1. The zero-order valence-electron chi connectivity index (χ0n) is 12.4. The van der Waals surface area contributed by atoms with E-state index in [4.69, 9.17) is 14.6 Å². The third kappa shape index (κ3) is 4.03. The molecule has 1 aliphatic rings. The summed E-state index contributed by atoms with van der Waals surface area (Å²) in [5.41, 5.74) is -1.32. The lowest BCUT2D eigenvalue weighted by Crippen LogP contribution is -2.32. The normalized spacial score (nSPS) is 18.9. The molecule has 0 radical (unpaired) electrons. The van der Waals surface area contributed by atoms with Gasteiger partial charge in [-0.05, 0) is 26.7 Å². The number of hydrogen-bond acceptors (Lipinski definition) is 4. The van der Waals surface area contributed by atoms with E-state index in [-0.39, 0.29) is 11.1 Å². The number of carbonyl (C=O) groups is 1. The molecule has 1 aliphatic carbocycles. The van der Waals surface area contributed by atoms with Gasteiger partial charge in [-0.25, -0.2) is 4.79 Å². The number of hydrogen-bond donors (Lipinski definition) is 1. The maximum absolute atomic E-state index is 12.8. The van der Waals surface area contributed by atoms with Crippen molar-refractivity contribution in [3.63, 3.8) is 0 Å². The van der Waals surface area contributed by atoms with Crippen LogP contribution in [-0.4, -0.2) is 49.8 Å². The van der Waals surface area contributed by atoms with E-state index < -0.39 is 18.2 Å². The van der Waals surface area contributed by atoms with Crippen molar-refractivity contribution < 1.29 is 23.8 Å². The van der Waals surface area contributed by atoms with Gasteiger partial charge >= 0.3 is 5.97 Å². The molecule has 1 saturated carbocycles. The second-order valence-corrected chi connectivity index (χ2v) is 5.56. The van der Waals surface area contributed by atoms with Crippen LogP contribution in [0, 0.1) is 5.41 Å². The van der Waals surface area contributed by atoms with Crippen molar-refractivity contribution in [3.8, 4) is 0 Å². The van der Waals surface area contributed by atoms with E-state index >= 15 is 0 Å². The summed E-state index contributed by atoms with van der Waals surface area (Å²) in [4.78, 5) is 14.6. The van der Waals surface area contributed by atoms with Gasteiger partial charge in [0.2, 0.25) is 0 Å². The highest BCUT2D eigenvalue weighted by Gasteiger charge is 2.45. The Morgan fingerprint density at radius 2 is 2.10 bits per heavy atom. The summed E-state index contributed by atoms with van der Waals surface area (Å²) in [6.07, 6.45) is 2.97. The summed E-state index contributed by atoms with van der Waals surface area (Å²) < 4.78 is 23.8. The Balaban J connectivity index is 2.80. The van der Waals surface area contributed by atoms with Crippen molar-refractivity contribution in [3.05, 3.63) is 11.8 Å². The molecular weight excluding hydrogens is 265 g/mol. The third-order valence-electron chi connectivity index (χ3n) is 3.52. The standard InChI is InChI=1S/C14H22FNO4/c1-13(2,20-9-14(8-15)5-6-14)11(19-4)7-10(16-3)12(17)18/h7H,5-6,8-9H2,1-4H3,(H,17,18)/b11-7+,16-10+. The van der Waals surface area contributed by atoms with Gasteiger partial charge in [-0.3, -0.25) is 9.38 Å². The van der Waals surface area contributed by atoms with Crippen molar-refractivity contribution >= 4 is 11.7 Å². The first-order valence-corrected chi connectivity index (χ1v) is 6.46. The molecule has 114 valence electrons. The number of halogens is 1. The maximum atomic E-state index is 12.8. The number of aliphatic carboxylic acids is 1. The van der Waals surface area contributed by atoms with Gasteiger partial charge in [-0.2, -0.15) is 0 Å². The monoisotopic (exact) mass is 287 g/mol. The highest BCUT2D eigenvalue weighted by atomic mass is 19.1. The lowest BCUT2D eigenvalue weighted by molar-refractivity contribution is -0.129. The number of carboxylic acids is 1. The van der Waals surface area contributed by atoms with E-state index in [1.54, 1.807) is 13.8 Å². The Kier molecular flexibility index (Phi) is 5.28. The summed E-state index contributed by atoms with van der Waals surface area (Å²) in [5, 5.41) is 8.97. The molecule has 0 spiro atoms. The second kappa shape index (κ2) is 6.35. The number of methoxy groups -OCH3 is 1. The van der Waals surface area contributed by atoms with Crippen LogP contribution in [0.15, 0.2) is 16.8 Å². The third-order valence-corrected chi connectivity index (χ3v) is 3.52. The minimum Gasteiger partial charge on any atom is -0.498 e. The van der Waals surface area contributed by atoms with Crippen molar-refractivity contribution in [2.75, 3.05) is 27.4 Å². The average Bonchev–Trinajstić information content (AvgIpc) is 3.18. The van der Waals surface area contributed by atoms with Gasteiger partial charge in [0.05, 0.1) is 20.4 Å². The predicted octanol–water partition coefficient (Wildman–Crippen LogP) is 2.22. The lowest BCUT2D eigenvalue weighted by Gasteiger charge is -2.29. The zero-order valence-corrected chi connectivity index (χ0v) is 12.4. The Bertz CT molecular complexity index is 425. The molecule has 20 heavy (non-hydrogen) atoms. The second-order valence-electron chi connectivity index (χ2n) is 5.56. The Hall–Kier alpha value is -1.43. The van der Waals surface area contributed by atoms with Crippen LogP contribution in [0.3, 0.4) is 0 Å². The molecule has 1 rings (SSSR count). The predicted molar refractivity (Wildman–Crippen MR) is 73.8 cm³/mol. The first kappa shape index (κ1) is 16.6. The molecule has 1 N–H and O–H groups in total. The van der Waals surface area contributed by atoms with Gasteiger partial charge in [-0.1, -0.05) is 0 Å². The van der Waals surface area contributed by atoms with Crippen LogP contribution in [-0.2, 0) is 14.3 Å². The highest BCUT2D eigenvalue weighted by molar-refractivity contribution is 6.40. The van der Waals surface area contributed by atoms with Crippen LogP contribution in [0.25, 0.3) is 0 Å². The van der Waals surface area contributed by atoms with Gasteiger partial charge in [0.1, 0.15) is 17.1 Å². The fourth-order valence-corrected chi connectivity index (χ4v) is 1.72. The van der Waals surface area contributed by atoms with Gasteiger partial charge in [-0.15, -0.1) is 0 Å². The van der Waals surface area contributed by atoms with E-state index in [0.29, 0.717) is 12.4 Å². The highest BCUT2D eigenvalue weighted by Crippen LogP contribution is 2.47. The van der Waals surface area contributed by atoms with Gasteiger partial charge in [0, 0.05) is 18.5 Å². The quantitative estimate of drug-likeness (QED) is 0.549. The molecule has 0 atom stereocenters. The summed E-state index contributed by atoms with van der Waals surface area (Å²) in [6.45, 7) is 3.41. The van der Waals surface area contributed by atoms with E-state index in [1.165, 1.54) is 20.2 Å². The van der Waals surface area contributed by atoms with Crippen LogP contribution in [0.5, 0.6) is 0 Å². The number of aliphatic imine (C=N–C) groups is 1. The lowest BCUT2D eigenvalue weighted by atomic mass is 10.0. The van der Waals surface area contributed by atoms with E-state index in [1.807, 2.05) is 0 Å². The molecule has 0 amide bonds. The summed E-state index contributed by atoms with van der Waals surface area (Å²) >= 11 is 0. The number of nitrogens with zero attached hydrogens (tertiary/aromatic N) is 1. The van der Waals surface area contributed by atoms with E-state index in [9.17, 15) is 9.18 Å².